The van der Waals surface area contributed by atoms with Gasteiger partial charge < -0.3 is 15.1 Å². The number of carbonyl (C=O) groups is 1. The zero-order chi connectivity index (χ0) is 20.7. The number of phenolic OH excluding ortho intramolecular Hbond substituents is 1. The number of amides is 1. The topological polar surface area (TPSA) is 89.5 Å². The van der Waals surface area contributed by atoms with Gasteiger partial charge in [-0.2, -0.15) is 5.10 Å². The van der Waals surface area contributed by atoms with E-state index in [4.69, 9.17) is 23.2 Å². The van der Waals surface area contributed by atoms with Crippen molar-refractivity contribution in [2.45, 2.75) is 19.4 Å². The molecule has 6 nitrogen and oxygen atoms in total. The van der Waals surface area contributed by atoms with Gasteiger partial charge in [-0.1, -0.05) is 35.3 Å². The summed E-state index contributed by atoms with van der Waals surface area (Å²) in [7, 11) is 0. The van der Waals surface area contributed by atoms with Gasteiger partial charge >= 0.3 is 0 Å². The second-order valence-corrected chi connectivity index (χ2v) is 7.86. The molecule has 2 heterocycles. The van der Waals surface area contributed by atoms with Crippen molar-refractivity contribution in [1.82, 2.24) is 15.1 Å². The third-order valence-corrected chi connectivity index (χ3v) is 5.76. The largest absolute Gasteiger partial charge is 0.507 e. The van der Waals surface area contributed by atoms with Gasteiger partial charge in [-0.05, 0) is 48.7 Å². The number of halogens is 2. The van der Waals surface area contributed by atoms with E-state index in [1.807, 2.05) is 12.1 Å². The van der Waals surface area contributed by atoms with Crippen LogP contribution in [0.25, 0.3) is 11.3 Å². The number of fused-ring (bicyclic) bond motifs is 1. The number of phenols is 1. The number of aryl methyl sites for hydroxylation is 1. The van der Waals surface area contributed by atoms with Crippen molar-refractivity contribution in [3.63, 3.8) is 0 Å². The van der Waals surface area contributed by atoms with E-state index in [1.54, 1.807) is 36.1 Å². The van der Waals surface area contributed by atoms with Crippen LogP contribution in [0.5, 0.6) is 5.75 Å². The molecule has 8 heteroatoms. The normalized spacial score (nSPS) is 15.8. The molecule has 1 amide bonds. The lowest BCUT2D eigenvalue weighted by molar-refractivity contribution is 0.0732. The number of rotatable bonds is 5. The van der Waals surface area contributed by atoms with Gasteiger partial charge in [-0.3, -0.25) is 9.89 Å². The van der Waals surface area contributed by atoms with Crippen molar-refractivity contribution in [3.8, 4) is 17.0 Å². The van der Waals surface area contributed by atoms with Crippen LogP contribution >= 0.6 is 23.2 Å². The fourth-order valence-corrected chi connectivity index (χ4v) is 4.12. The predicted molar refractivity (Wildman–Crippen MR) is 111 cm³/mol. The number of benzene rings is 2. The van der Waals surface area contributed by atoms with E-state index in [0.29, 0.717) is 45.5 Å². The Morgan fingerprint density at radius 1 is 1.24 bits per heavy atom. The molecule has 0 saturated carbocycles. The number of nitrogens with one attached hydrogen (secondary N) is 1. The van der Waals surface area contributed by atoms with Crippen molar-refractivity contribution in [3.05, 3.63) is 68.8 Å². The number of aromatic nitrogens is 2. The molecule has 3 N–H and O–H groups in total. The molecule has 1 aromatic heterocycles. The summed E-state index contributed by atoms with van der Waals surface area (Å²) in [4.78, 5) is 14.8. The summed E-state index contributed by atoms with van der Waals surface area (Å²) in [6.45, 7) is 2.14. The molecule has 29 heavy (non-hydrogen) atoms. The van der Waals surface area contributed by atoms with E-state index in [9.17, 15) is 15.0 Å². The first kappa shape index (κ1) is 19.8. The first-order valence-electron chi connectivity index (χ1n) is 9.17. The van der Waals surface area contributed by atoms with Crippen molar-refractivity contribution in [2.75, 3.05) is 13.2 Å². The highest BCUT2D eigenvalue weighted by atomic mass is 35.5. The molecular weight excluding hydrogens is 413 g/mol. The number of nitrogens with zero attached hydrogens (tertiary/aromatic N) is 2. The Hall–Kier alpha value is -2.54. The predicted octanol–water partition coefficient (Wildman–Crippen LogP) is 4.33. The highest BCUT2D eigenvalue weighted by Crippen LogP contribution is 2.45. The molecule has 150 valence electrons. The lowest BCUT2D eigenvalue weighted by Gasteiger charge is -2.26. The summed E-state index contributed by atoms with van der Waals surface area (Å²) in [6.07, 6.45) is 0.442. The first-order chi connectivity index (χ1) is 13.9. The molecule has 0 aliphatic carbocycles. The van der Waals surface area contributed by atoms with Gasteiger partial charge in [0.1, 0.15) is 17.1 Å². The maximum atomic E-state index is 13.1. The molecule has 0 saturated heterocycles. The zero-order valence-electron chi connectivity index (χ0n) is 15.6. The van der Waals surface area contributed by atoms with Crippen LogP contribution in [-0.2, 0) is 0 Å². The Kier molecular flexibility index (Phi) is 5.25. The summed E-state index contributed by atoms with van der Waals surface area (Å²) >= 11 is 12.5. The third-order valence-electron chi connectivity index (χ3n) is 5.12. The standard InChI is InChI=1S/C21H19Cl2N3O3/c1-11-8-16(28)14(10-15(11)23)18-17-19(25-24-18)21(29)26(6-3-7-27)20(17)12-4-2-5-13(22)9-12/h2,4-5,8-10,20,27-28H,3,6-7H2,1H3,(H,24,25)/t20-/m1/s1. The van der Waals surface area contributed by atoms with E-state index in [2.05, 4.69) is 10.2 Å². The minimum absolute atomic E-state index is 0.0283. The van der Waals surface area contributed by atoms with Crippen LogP contribution in [0.2, 0.25) is 10.0 Å². The first-order valence-corrected chi connectivity index (χ1v) is 9.93. The summed E-state index contributed by atoms with van der Waals surface area (Å²) < 4.78 is 0. The molecule has 1 atom stereocenters. The second kappa shape index (κ2) is 7.71. The minimum atomic E-state index is -0.448. The summed E-state index contributed by atoms with van der Waals surface area (Å²) in [5.74, 6) is -0.179. The quantitative estimate of drug-likeness (QED) is 0.560. The molecule has 1 aliphatic heterocycles. The maximum absolute atomic E-state index is 13.1. The molecule has 0 unspecified atom stereocenters. The Bertz CT molecular complexity index is 1100. The van der Waals surface area contributed by atoms with Crippen LogP contribution in [0, 0.1) is 6.92 Å². The summed E-state index contributed by atoms with van der Waals surface area (Å²) in [6, 6.07) is 10.1. The number of aliphatic hydroxyl groups excluding tert-OH is 1. The van der Waals surface area contributed by atoms with Crippen LogP contribution in [0.15, 0.2) is 36.4 Å². The lowest BCUT2D eigenvalue weighted by atomic mass is 9.95. The van der Waals surface area contributed by atoms with Gasteiger partial charge in [-0.25, -0.2) is 0 Å². The van der Waals surface area contributed by atoms with Gasteiger partial charge in [0.15, 0.2) is 0 Å². The van der Waals surface area contributed by atoms with E-state index >= 15 is 0 Å². The fraction of sp³-hybridized carbons (Fsp3) is 0.238. The van der Waals surface area contributed by atoms with Crippen LogP contribution < -0.4 is 0 Å². The lowest BCUT2D eigenvalue weighted by Crippen LogP contribution is -2.31. The Balaban J connectivity index is 1.91. The molecule has 0 radical (unpaired) electrons. The van der Waals surface area contributed by atoms with Crippen molar-refractivity contribution in [2.24, 2.45) is 0 Å². The molecule has 0 fully saturated rings. The Morgan fingerprint density at radius 3 is 2.76 bits per heavy atom. The van der Waals surface area contributed by atoms with Crippen molar-refractivity contribution in [1.29, 1.82) is 0 Å². The average Bonchev–Trinajstić information content (AvgIpc) is 3.22. The van der Waals surface area contributed by atoms with Gasteiger partial charge in [-0.15, -0.1) is 0 Å². The van der Waals surface area contributed by atoms with Crippen LogP contribution in [-0.4, -0.2) is 44.4 Å². The van der Waals surface area contributed by atoms with E-state index in [0.717, 1.165) is 11.1 Å². The second-order valence-electron chi connectivity index (χ2n) is 7.01. The number of hydrogen-bond donors (Lipinski definition) is 3. The smallest absolute Gasteiger partial charge is 0.273 e. The fourth-order valence-electron chi connectivity index (χ4n) is 3.75. The highest BCUT2D eigenvalue weighted by Gasteiger charge is 2.42. The van der Waals surface area contributed by atoms with Gasteiger partial charge in [0, 0.05) is 34.3 Å². The van der Waals surface area contributed by atoms with E-state index in [-0.39, 0.29) is 18.3 Å². The van der Waals surface area contributed by atoms with Gasteiger partial charge in [0.2, 0.25) is 0 Å². The van der Waals surface area contributed by atoms with E-state index in [1.165, 1.54) is 0 Å². The number of carbonyl (C=O) groups excluding carboxylic acids is 1. The average molecular weight is 432 g/mol. The van der Waals surface area contributed by atoms with Crippen LogP contribution in [0.1, 0.15) is 39.6 Å². The van der Waals surface area contributed by atoms with E-state index < -0.39 is 6.04 Å². The number of aromatic amines is 1. The highest BCUT2D eigenvalue weighted by molar-refractivity contribution is 6.31. The van der Waals surface area contributed by atoms with Crippen LogP contribution in [0.3, 0.4) is 0 Å². The van der Waals surface area contributed by atoms with Gasteiger partial charge in [0.05, 0.1) is 6.04 Å². The third kappa shape index (κ3) is 3.37. The number of aromatic hydroxyl groups is 1. The van der Waals surface area contributed by atoms with Crippen molar-refractivity contribution >= 4 is 29.1 Å². The van der Waals surface area contributed by atoms with Crippen LogP contribution in [0.4, 0.5) is 0 Å². The van der Waals surface area contributed by atoms with Gasteiger partial charge in [0.25, 0.3) is 5.91 Å². The molecule has 0 bridgehead atoms. The summed E-state index contributed by atoms with van der Waals surface area (Å²) in [5, 5.41) is 28.0. The minimum Gasteiger partial charge on any atom is -0.507 e. The summed E-state index contributed by atoms with van der Waals surface area (Å²) in [5.41, 5.74) is 3.49. The molecule has 4 rings (SSSR count). The number of H-pyrrole nitrogens is 1. The monoisotopic (exact) mass is 431 g/mol. The molecule has 2 aromatic carbocycles. The zero-order valence-corrected chi connectivity index (χ0v) is 17.1. The number of aliphatic hydroxyl groups is 1. The molecule has 3 aromatic rings. The Labute approximate surface area is 177 Å². The maximum Gasteiger partial charge on any atom is 0.273 e. The molecule has 0 spiro atoms. The SMILES string of the molecule is Cc1cc(O)c(-c2n[nH]c3c2[C@@H](c2cccc(Cl)c2)N(CCCO)C3=O)cc1Cl. The van der Waals surface area contributed by atoms with Crippen molar-refractivity contribution < 1.29 is 15.0 Å². The Morgan fingerprint density at radius 2 is 2.03 bits per heavy atom. The molecule has 1 aliphatic rings. The molecular formula is C21H19Cl2N3O3. The number of hydrogen-bond acceptors (Lipinski definition) is 4.